The van der Waals surface area contributed by atoms with Gasteiger partial charge in [-0.15, -0.1) is 0 Å². The fourth-order valence-corrected chi connectivity index (χ4v) is 2.57. The van der Waals surface area contributed by atoms with Crippen molar-refractivity contribution >= 4 is 12.4 Å². The average molecular weight is 261 g/mol. The van der Waals surface area contributed by atoms with Crippen LogP contribution in [0.25, 0.3) is 0 Å². The van der Waals surface area contributed by atoms with Gasteiger partial charge >= 0.3 is 0 Å². The molecule has 0 bridgehead atoms. The van der Waals surface area contributed by atoms with Crippen LogP contribution >= 0.6 is 0 Å². The highest BCUT2D eigenvalue weighted by Crippen LogP contribution is 2.31. The Morgan fingerprint density at radius 1 is 0.750 bits per heavy atom. The SMILES string of the molecule is C1=N[C+](CCC(c2ccccc2)c2ccccc2)N=C1. The summed E-state index contributed by atoms with van der Waals surface area (Å²) in [7, 11) is 0. The summed E-state index contributed by atoms with van der Waals surface area (Å²) in [5.41, 5.74) is 2.70. The lowest BCUT2D eigenvalue weighted by Gasteiger charge is -2.17. The van der Waals surface area contributed by atoms with Crippen molar-refractivity contribution in [2.45, 2.75) is 18.8 Å². The maximum atomic E-state index is 4.26. The molecule has 0 spiro atoms. The third-order valence-corrected chi connectivity index (χ3v) is 3.57. The van der Waals surface area contributed by atoms with Crippen molar-refractivity contribution in [3.8, 4) is 0 Å². The highest BCUT2D eigenvalue weighted by Gasteiger charge is 2.20. The monoisotopic (exact) mass is 261 g/mol. The van der Waals surface area contributed by atoms with Crippen LogP contribution in [0.4, 0.5) is 0 Å². The number of aliphatic imine (C=N–C) groups is 2. The summed E-state index contributed by atoms with van der Waals surface area (Å²) >= 11 is 0. The summed E-state index contributed by atoms with van der Waals surface area (Å²) in [5, 5.41) is 0. The van der Waals surface area contributed by atoms with Crippen molar-refractivity contribution in [3.05, 3.63) is 78.0 Å². The van der Waals surface area contributed by atoms with E-state index in [-0.39, 0.29) is 0 Å². The quantitative estimate of drug-likeness (QED) is 0.719. The van der Waals surface area contributed by atoms with Gasteiger partial charge in [0.2, 0.25) is 6.17 Å². The van der Waals surface area contributed by atoms with Crippen LogP contribution in [-0.4, -0.2) is 12.4 Å². The van der Waals surface area contributed by atoms with Gasteiger partial charge in [-0.3, -0.25) is 0 Å². The van der Waals surface area contributed by atoms with Crippen molar-refractivity contribution in [1.29, 1.82) is 0 Å². The molecule has 1 aliphatic heterocycles. The molecule has 2 aromatic rings. The Kier molecular flexibility index (Phi) is 3.93. The second kappa shape index (κ2) is 6.20. The lowest BCUT2D eigenvalue weighted by atomic mass is 9.87. The molecular formula is C18H17N2+. The first-order valence-corrected chi connectivity index (χ1v) is 6.96. The smallest absolute Gasteiger partial charge is 0.0968 e. The van der Waals surface area contributed by atoms with Crippen molar-refractivity contribution in [2.75, 3.05) is 0 Å². The third kappa shape index (κ3) is 2.97. The van der Waals surface area contributed by atoms with Crippen LogP contribution in [0, 0.1) is 6.17 Å². The summed E-state index contributed by atoms with van der Waals surface area (Å²) in [6, 6.07) is 21.3. The van der Waals surface area contributed by atoms with E-state index in [4.69, 9.17) is 0 Å². The zero-order valence-electron chi connectivity index (χ0n) is 11.3. The largest absolute Gasteiger partial charge is 0.240 e. The third-order valence-electron chi connectivity index (χ3n) is 3.57. The zero-order chi connectivity index (χ0) is 13.6. The highest BCUT2D eigenvalue weighted by molar-refractivity contribution is 6.18. The fourth-order valence-electron chi connectivity index (χ4n) is 2.57. The molecule has 0 aliphatic carbocycles. The van der Waals surface area contributed by atoms with Crippen LogP contribution in [0.15, 0.2) is 70.6 Å². The second-order valence-electron chi connectivity index (χ2n) is 4.89. The van der Waals surface area contributed by atoms with Gasteiger partial charge in [0.25, 0.3) is 0 Å². The Hall–Kier alpha value is -2.35. The Balaban J connectivity index is 1.80. The maximum absolute atomic E-state index is 4.26. The van der Waals surface area contributed by atoms with Gasteiger partial charge in [0.05, 0.1) is 6.42 Å². The molecule has 0 atom stereocenters. The van der Waals surface area contributed by atoms with E-state index in [1.165, 1.54) is 11.1 Å². The number of benzene rings is 2. The molecule has 0 N–H and O–H groups in total. The number of hydrogen-bond acceptors (Lipinski definition) is 2. The van der Waals surface area contributed by atoms with E-state index >= 15 is 0 Å². The molecule has 0 radical (unpaired) electrons. The maximum Gasteiger partial charge on any atom is 0.240 e. The van der Waals surface area contributed by atoms with Gasteiger partial charge in [0, 0.05) is 5.92 Å². The predicted octanol–water partition coefficient (Wildman–Crippen LogP) is 4.24. The van der Waals surface area contributed by atoms with Crippen LogP contribution in [0.3, 0.4) is 0 Å². The molecule has 1 aliphatic rings. The molecule has 0 saturated carbocycles. The lowest BCUT2D eigenvalue weighted by Crippen LogP contribution is -2.02. The van der Waals surface area contributed by atoms with Gasteiger partial charge in [-0.1, -0.05) is 70.6 Å². The fraction of sp³-hybridized carbons (Fsp3) is 0.167. The lowest BCUT2D eigenvalue weighted by molar-refractivity contribution is 0.661. The summed E-state index contributed by atoms with van der Waals surface area (Å²) in [5.74, 6) is 0.399. The number of hydrogen-bond donors (Lipinski definition) is 0. The minimum absolute atomic E-state index is 0.399. The van der Waals surface area contributed by atoms with E-state index in [1.807, 2.05) is 0 Å². The summed E-state index contributed by atoms with van der Waals surface area (Å²) < 4.78 is 0. The molecule has 20 heavy (non-hydrogen) atoms. The molecular weight excluding hydrogens is 244 g/mol. The minimum atomic E-state index is 0.399. The molecule has 2 aromatic carbocycles. The summed E-state index contributed by atoms with van der Waals surface area (Å²) in [6.07, 6.45) is 6.38. The van der Waals surface area contributed by atoms with E-state index in [9.17, 15) is 0 Å². The minimum Gasteiger partial charge on any atom is -0.0968 e. The highest BCUT2D eigenvalue weighted by atomic mass is 15.0. The zero-order valence-corrected chi connectivity index (χ0v) is 11.3. The molecule has 0 saturated heterocycles. The summed E-state index contributed by atoms with van der Waals surface area (Å²) in [6.45, 7) is 0. The summed E-state index contributed by atoms with van der Waals surface area (Å²) in [4.78, 5) is 8.53. The molecule has 3 rings (SSSR count). The van der Waals surface area contributed by atoms with Crippen LogP contribution in [0.2, 0.25) is 0 Å². The van der Waals surface area contributed by atoms with E-state index in [0.29, 0.717) is 5.92 Å². The van der Waals surface area contributed by atoms with Gasteiger partial charge < -0.3 is 0 Å². The predicted molar refractivity (Wildman–Crippen MR) is 84.2 cm³/mol. The molecule has 1 heterocycles. The van der Waals surface area contributed by atoms with Crippen molar-refractivity contribution in [1.82, 2.24) is 0 Å². The first-order chi connectivity index (χ1) is 9.93. The van der Waals surface area contributed by atoms with Gasteiger partial charge in [-0.2, -0.15) is 0 Å². The molecule has 98 valence electrons. The van der Waals surface area contributed by atoms with E-state index in [2.05, 4.69) is 70.6 Å². The number of nitrogens with zero attached hydrogens (tertiary/aromatic N) is 2. The van der Waals surface area contributed by atoms with Crippen molar-refractivity contribution in [3.63, 3.8) is 0 Å². The number of rotatable bonds is 5. The average Bonchev–Trinajstić information content (AvgIpc) is 3.03. The molecule has 0 amide bonds. The van der Waals surface area contributed by atoms with E-state index in [0.717, 1.165) is 19.0 Å². The van der Waals surface area contributed by atoms with Gasteiger partial charge in [-0.05, 0) is 17.5 Å². The Morgan fingerprint density at radius 2 is 1.25 bits per heavy atom. The molecule has 0 fully saturated rings. The topological polar surface area (TPSA) is 24.7 Å². The van der Waals surface area contributed by atoms with Crippen LogP contribution in [0.5, 0.6) is 0 Å². The second-order valence-corrected chi connectivity index (χ2v) is 4.89. The molecule has 0 unspecified atom stereocenters. The Bertz CT molecular complexity index is 536. The molecule has 2 heteroatoms. The van der Waals surface area contributed by atoms with Crippen LogP contribution < -0.4 is 0 Å². The van der Waals surface area contributed by atoms with Gasteiger partial charge in [-0.25, -0.2) is 0 Å². The van der Waals surface area contributed by atoms with Crippen LogP contribution in [-0.2, 0) is 0 Å². The van der Waals surface area contributed by atoms with E-state index in [1.54, 1.807) is 12.4 Å². The van der Waals surface area contributed by atoms with Gasteiger partial charge in [0.15, 0.2) is 12.4 Å². The van der Waals surface area contributed by atoms with E-state index < -0.39 is 0 Å². The first kappa shape index (κ1) is 12.7. The van der Waals surface area contributed by atoms with Gasteiger partial charge in [0.1, 0.15) is 0 Å². The van der Waals surface area contributed by atoms with Crippen molar-refractivity contribution in [2.24, 2.45) is 9.98 Å². The Labute approximate surface area is 119 Å². The normalized spacial score (nSPS) is 13.3. The Morgan fingerprint density at radius 3 is 1.75 bits per heavy atom. The standard InChI is InChI=1S/C18H17N2/c1-3-7-15(8-4-1)17(16-9-5-2-6-10-16)11-12-18-19-13-14-20-18/h1-10,13-14,17H,11-12H2/q+1. The molecule has 0 aromatic heterocycles. The molecule has 2 nitrogen and oxygen atoms in total. The van der Waals surface area contributed by atoms with Crippen molar-refractivity contribution < 1.29 is 0 Å². The van der Waals surface area contributed by atoms with Crippen LogP contribution in [0.1, 0.15) is 29.9 Å². The first-order valence-electron chi connectivity index (χ1n) is 6.96.